The first kappa shape index (κ1) is 15.3. The molecule has 0 aliphatic heterocycles. The predicted molar refractivity (Wildman–Crippen MR) is 97.6 cm³/mol. The number of para-hydroxylation sites is 2. The molecular weight excluding hydrogens is 314 g/mol. The van der Waals surface area contributed by atoms with E-state index in [2.05, 4.69) is 11.6 Å². The third-order valence-corrected chi connectivity index (χ3v) is 4.04. The molecule has 0 radical (unpaired) electrons. The van der Waals surface area contributed by atoms with Crippen molar-refractivity contribution in [1.82, 2.24) is 4.98 Å². The number of hydrogen-bond acceptors (Lipinski definition) is 4. The van der Waals surface area contributed by atoms with Gasteiger partial charge in [0.2, 0.25) is 0 Å². The predicted octanol–water partition coefficient (Wildman–Crippen LogP) is 5.49. The largest absolute Gasteiger partial charge is 0.497 e. The second kappa shape index (κ2) is 6.32. The zero-order chi connectivity index (χ0) is 17.2. The first-order valence-electron chi connectivity index (χ1n) is 8.02. The van der Waals surface area contributed by atoms with Gasteiger partial charge in [0.15, 0.2) is 11.3 Å². The highest BCUT2D eigenvalue weighted by atomic mass is 16.5. The number of fused-ring (bicyclic) bond motifs is 1. The highest BCUT2D eigenvalue weighted by Crippen LogP contribution is 2.34. The first-order chi connectivity index (χ1) is 12.3. The molecular formula is C21H17NO3. The fourth-order valence-corrected chi connectivity index (χ4v) is 2.78. The van der Waals surface area contributed by atoms with Gasteiger partial charge in [-0.3, -0.25) is 0 Å². The van der Waals surface area contributed by atoms with Crippen LogP contribution in [0.1, 0.15) is 5.56 Å². The lowest BCUT2D eigenvalue weighted by Crippen LogP contribution is -1.82. The van der Waals surface area contributed by atoms with Crippen LogP contribution < -0.4 is 4.74 Å². The number of methoxy groups -OCH3 is 1. The third-order valence-electron chi connectivity index (χ3n) is 4.04. The molecule has 0 amide bonds. The summed E-state index contributed by atoms with van der Waals surface area (Å²) < 4.78 is 17.2. The van der Waals surface area contributed by atoms with E-state index < -0.39 is 0 Å². The number of aromatic nitrogens is 1. The van der Waals surface area contributed by atoms with Crippen molar-refractivity contribution < 1.29 is 13.6 Å². The molecule has 0 saturated carbocycles. The van der Waals surface area contributed by atoms with E-state index in [0.717, 1.165) is 33.7 Å². The lowest BCUT2D eigenvalue weighted by molar-refractivity contribution is 0.415. The molecule has 0 spiro atoms. The van der Waals surface area contributed by atoms with Crippen LogP contribution >= 0.6 is 0 Å². The number of benzene rings is 2. The van der Waals surface area contributed by atoms with Crippen LogP contribution in [0.2, 0.25) is 0 Å². The number of oxazole rings is 1. The molecule has 4 aromatic rings. The summed E-state index contributed by atoms with van der Waals surface area (Å²) in [5, 5.41) is 0. The fraction of sp³-hybridized carbons (Fsp3) is 0.0952. The highest BCUT2D eigenvalue weighted by molar-refractivity contribution is 5.76. The Hall–Kier alpha value is -3.27. The average molecular weight is 331 g/mol. The molecule has 0 bridgehead atoms. The molecule has 0 atom stereocenters. The van der Waals surface area contributed by atoms with Gasteiger partial charge in [-0.2, -0.15) is 0 Å². The number of nitrogens with zero attached hydrogens (tertiary/aromatic N) is 1. The molecule has 0 N–H and O–H groups in total. The maximum absolute atomic E-state index is 6.10. The van der Waals surface area contributed by atoms with Crippen molar-refractivity contribution in [1.29, 1.82) is 0 Å². The van der Waals surface area contributed by atoms with E-state index in [1.165, 1.54) is 0 Å². The van der Waals surface area contributed by atoms with Crippen LogP contribution in [0.4, 0.5) is 0 Å². The Morgan fingerprint density at radius 2 is 1.88 bits per heavy atom. The monoisotopic (exact) mass is 331 g/mol. The summed E-state index contributed by atoms with van der Waals surface area (Å²) in [7, 11) is 1.65. The van der Waals surface area contributed by atoms with Gasteiger partial charge in [-0.1, -0.05) is 18.2 Å². The van der Waals surface area contributed by atoms with Crippen molar-refractivity contribution in [2.75, 3.05) is 7.11 Å². The molecule has 124 valence electrons. The molecule has 2 aromatic heterocycles. The van der Waals surface area contributed by atoms with Crippen molar-refractivity contribution in [3.8, 4) is 28.7 Å². The Kier molecular flexibility index (Phi) is 3.86. The van der Waals surface area contributed by atoms with Gasteiger partial charge in [0, 0.05) is 11.1 Å². The Morgan fingerprint density at radius 1 is 1.08 bits per heavy atom. The van der Waals surface area contributed by atoms with Gasteiger partial charge in [-0.15, -0.1) is 6.58 Å². The molecule has 0 aliphatic carbocycles. The fourth-order valence-electron chi connectivity index (χ4n) is 2.78. The Balaban J connectivity index is 1.80. The van der Waals surface area contributed by atoms with Gasteiger partial charge in [0.05, 0.1) is 7.11 Å². The van der Waals surface area contributed by atoms with Crippen molar-refractivity contribution in [3.63, 3.8) is 0 Å². The summed E-state index contributed by atoms with van der Waals surface area (Å²) >= 11 is 0. The zero-order valence-corrected chi connectivity index (χ0v) is 13.9. The van der Waals surface area contributed by atoms with Crippen LogP contribution in [-0.4, -0.2) is 12.1 Å². The average Bonchev–Trinajstić information content (AvgIpc) is 3.26. The number of furan rings is 1. The number of ether oxygens (including phenoxy) is 1. The van der Waals surface area contributed by atoms with Crippen LogP contribution in [0.25, 0.3) is 34.1 Å². The van der Waals surface area contributed by atoms with Crippen LogP contribution in [-0.2, 0) is 6.42 Å². The summed E-state index contributed by atoms with van der Waals surface area (Å²) in [6, 6.07) is 17.4. The van der Waals surface area contributed by atoms with Gasteiger partial charge >= 0.3 is 0 Å². The lowest BCUT2D eigenvalue weighted by atomic mass is 10.1. The maximum atomic E-state index is 6.10. The summed E-state index contributed by atoms with van der Waals surface area (Å²) in [6.07, 6.45) is 2.52. The third kappa shape index (κ3) is 2.83. The number of allylic oxidation sites excluding steroid dienone is 1. The van der Waals surface area contributed by atoms with Crippen molar-refractivity contribution in [2.45, 2.75) is 6.42 Å². The van der Waals surface area contributed by atoms with E-state index in [-0.39, 0.29) is 0 Å². The maximum Gasteiger partial charge on any atom is 0.264 e. The SMILES string of the molecule is C=CCc1cc(-c2ccc(OC)cc2)oc1-c1nc2ccccc2o1. The molecule has 2 heterocycles. The minimum absolute atomic E-state index is 0.484. The van der Waals surface area contributed by atoms with Gasteiger partial charge in [-0.25, -0.2) is 4.98 Å². The molecule has 0 fully saturated rings. The Morgan fingerprint density at radius 3 is 2.60 bits per heavy atom. The standard InChI is InChI=1S/C21H17NO3/c1-3-6-15-13-19(14-9-11-16(23-2)12-10-14)24-20(15)21-22-17-7-4-5-8-18(17)25-21/h3-5,7-13H,1,6H2,2H3. The van der Waals surface area contributed by atoms with E-state index in [1.807, 2.05) is 60.7 Å². The summed E-state index contributed by atoms with van der Waals surface area (Å²) in [5.41, 5.74) is 3.51. The van der Waals surface area contributed by atoms with Gasteiger partial charge < -0.3 is 13.6 Å². The smallest absolute Gasteiger partial charge is 0.264 e. The van der Waals surface area contributed by atoms with Crippen molar-refractivity contribution in [2.24, 2.45) is 0 Å². The Labute approximate surface area is 145 Å². The molecule has 0 unspecified atom stereocenters. The molecule has 0 aliphatic rings. The lowest BCUT2D eigenvalue weighted by Gasteiger charge is -2.00. The van der Waals surface area contributed by atoms with Gasteiger partial charge in [-0.05, 0) is 48.9 Å². The van der Waals surface area contributed by atoms with Crippen LogP contribution in [0.15, 0.2) is 76.1 Å². The topological polar surface area (TPSA) is 48.4 Å². The van der Waals surface area contributed by atoms with E-state index >= 15 is 0 Å². The van der Waals surface area contributed by atoms with Crippen LogP contribution in [0.5, 0.6) is 5.75 Å². The van der Waals surface area contributed by atoms with Crippen LogP contribution in [0.3, 0.4) is 0 Å². The normalized spacial score (nSPS) is 10.9. The summed E-state index contributed by atoms with van der Waals surface area (Å²) in [6.45, 7) is 3.83. The highest BCUT2D eigenvalue weighted by Gasteiger charge is 2.18. The first-order valence-corrected chi connectivity index (χ1v) is 8.02. The number of rotatable bonds is 5. The summed E-state index contributed by atoms with van der Waals surface area (Å²) in [4.78, 5) is 4.55. The quantitative estimate of drug-likeness (QED) is 0.454. The second-order valence-electron chi connectivity index (χ2n) is 5.67. The molecule has 4 nitrogen and oxygen atoms in total. The van der Waals surface area contributed by atoms with Gasteiger partial charge in [0.1, 0.15) is 17.0 Å². The minimum Gasteiger partial charge on any atom is -0.497 e. The van der Waals surface area contributed by atoms with Crippen molar-refractivity contribution in [3.05, 3.63) is 72.8 Å². The van der Waals surface area contributed by atoms with Crippen molar-refractivity contribution >= 4 is 11.1 Å². The van der Waals surface area contributed by atoms with E-state index in [9.17, 15) is 0 Å². The van der Waals surface area contributed by atoms with E-state index in [1.54, 1.807) is 7.11 Å². The molecule has 4 heteroatoms. The molecule has 25 heavy (non-hydrogen) atoms. The van der Waals surface area contributed by atoms with E-state index in [0.29, 0.717) is 18.1 Å². The molecule has 4 rings (SSSR count). The van der Waals surface area contributed by atoms with E-state index in [4.69, 9.17) is 13.6 Å². The van der Waals surface area contributed by atoms with Gasteiger partial charge in [0.25, 0.3) is 5.89 Å². The molecule has 0 saturated heterocycles. The Bertz CT molecular complexity index is 992. The molecule has 2 aromatic carbocycles. The zero-order valence-electron chi connectivity index (χ0n) is 13.9. The summed E-state index contributed by atoms with van der Waals surface area (Å²) in [5.74, 6) is 2.69. The minimum atomic E-state index is 0.484. The number of hydrogen-bond donors (Lipinski definition) is 0. The second-order valence-corrected chi connectivity index (χ2v) is 5.67. The van der Waals surface area contributed by atoms with Crippen LogP contribution in [0, 0.1) is 0 Å².